The molecule has 0 aliphatic rings. The zero-order valence-electron chi connectivity index (χ0n) is 7.64. The summed E-state index contributed by atoms with van der Waals surface area (Å²) < 4.78 is 25.8. The molecule has 13 heavy (non-hydrogen) atoms. The van der Waals surface area contributed by atoms with E-state index in [2.05, 4.69) is 9.05 Å². The summed E-state index contributed by atoms with van der Waals surface area (Å²) >= 11 is 1.35. The van der Waals surface area contributed by atoms with Crippen LogP contribution in [0.4, 0.5) is 0 Å². The average molecular weight is 222 g/mol. The van der Waals surface area contributed by atoms with Crippen molar-refractivity contribution in [1.82, 2.24) is 0 Å². The summed E-state index contributed by atoms with van der Waals surface area (Å²) in [5, 5.41) is 2.43. The number of hydrogen-bond acceptors (Lipinski definition) is 5. The second-order valence-electron chi connectivity index (χ2n) is 2.35. The minimum Gasteiger partial charge on any atom is -0.394 e. The molecule has 0 aromatic carbocycles. The molecule has 4 nitrogen and oxygen atoms in total. The molecule has 0 saturated carbocycles. The first-order chi connectivity index (χ1) is 6.09. The van der Waals surface area contributed by atoms with Crippen molar-refractivity contribution >= 4 is 19.2 Å². The quantitative estimate of drug-likeness (QED) is 0.735. The van der Waals surface area contributed by atoms with Crippen molar-refractivity contribution in [2.45, 2.75) is 6.92 Å². The average Bonchev–Trinajstić information content (AvgIpc) is 2.51. The molecule has 0 bridgehead atoms. The summed E-state index contributed by atoms with van der Waals surface area (Å²) in [5.41, 5.74) is 1.05. The molecule has 0 aliphatic heterocycles. The van der Waals surface area contributed by atoms with Crippen molar-refractivity contribution in [2.75, 3.05) is 14.2 Å². The minimum atomic E-state index is -3.38. The molecule has 0 unspecified atom stereocenters. The lowest BCUT2D eigenvalue weighted by atomic mass is 10.4. The van der Waals surface area contributed by atoms with Crippen LogP contribution >= 0.6 is 19.2 Å². The van der Waals surface area contributed by atoms with E-state index in [0.29, 0.717) is 5.06 Å². The van der Waals surface area contributed by atoms with Gasteiger partial charge in [-0.2, -0.15) is 0 Å². The lowest BCUT2D eigenvalue weighted by Crippen LogP contribution is -1.95. The summed E-state index contributed by atoms with van der Waals surface area (Å²) in [6.07, 6.45) is 0. The van der Waals surface area contributed by atoms with Gasteiger partial charge in [0.15, 0.2) is 5.06 Å². The van der Waals surface area contributed by atoms with Crippen LogP contribution in [0.5, 0.6) is 5.06 Å². The minimum absolute atomic E-state index is 0.532. The van der Waals surface area contributed by atoms with E-state index in [4.69, 9.17) is 4.52 Å². The SMILES string of the molecule is COP(=O)(OC)Oc1cc(C)cs1. The van der Waals surface area contributed by atoms with Crippen LogP contribution in [0, 0.1) is 6.92 Å². The lowest BCUT2D eigenvalue weighted by molar-refractivity contribution is 0.213. The molecule has 0 saturated heterocycles. The molecule has 6 heteroatoms. The second-order valence-corrected chi connectivity index (χ2v) is 5.03. The van der Waals surface area contributed by atoms with Crippen LogP contribution in [0.1, 0.15) is 5.56 Å². The molecule has 0 amide bonds. The number of aryl methyl sites for hydroxylation is 1. The van der Waals surface area contributed by atoms with Crippen LogP contribution < -0.4 is 4.52 Å². The fourth-order valence-corrected chi connectivity index (χ4v) is 2.35. The monoisotopic (exact) mass is 222 g/mol. The lowest BCUT2D eigenvalue weighted by Gasteiger charge is -2.11. The molecule has 1 rings (SSSR count). The fraction of sp³-hybridized carbons (Fsp3) is 0.429. The molecular weight excluding hydrogens is 211 g/mol. The summed E-state index contributed by atoms with van der Waals surface area (Å²) in [6, 6.07) is 1.77. The Bertz CT molecular complexity index is 314. The molecule has 0 spiro atoms. The fourth-order valence-electron chi connectivity index (χ4n) is 0.712. The van der Waals surface area contributed by atoms with Gasteiger partial charge < -0.3 is 4.52 Å². The van der Waals surface area contributed by atoms with Crippen LogP contribution in [-0.2, 0) is 13.6 Å². The Morgan fingerprint density at radius 1 is 1.38 bits per heavy atom. The van der Waals surface area contributed by atoms with Gasteiger partial charge in [-0.15, -0.1) is 11.3 Å². The van der Waals surface area contributed by atoms with Crippen molar-refractivity contribution < 1.29 is 18.1 Å². The molecule has 74 valence electrons. The Labute approximate surface area is 81.1 Å². The highest BCUT2D eigenvalue weighted by atomic mass is 32.1. The highest BCUT2D eigenvalue weighted by molar-refractivity contribution is 7.49. The van der Waals surface area contributed by atoms with Gasteiger partial charge in [0, 0.05) is 14.2 Å². The first kappa shape index (κ1) is 10.7. The highest BCUT2D eigenvalue weighted by Gasteiger charge is 2.25. The zero-order valence-corrected chi connectivity index (χ0v) is 9.35. The normalized spacial score (nSPS) is 11.6. The van der Waals surface area contributed by atoms with Crippen molar-refractivity contribution in [1.29, 1.82) is 0 Å². The molecule has 0 aliphatic carbocycles. The van der Waals surface area contributed by atoms with E-state index in [9.17, 15) is 4.57 Å². The Balaban J connectivity index is 2.73. The van der Waals surface area contributed by atoms with Gasteiger partial charge >= 0.3 is 7.82 Å². The third-order valence-electron chi connectivity index (χ3n) is 1.36. The number of thiophene rings is 1. The third kappa shape index (κ3) is 2.81. The van der Waals surface area contributed by atoms with Crippen molar-refractivity contribution in [3.63, 3.8) is 0 Å². The Hall–Kier alpha value is -0.350. The van der Waals surface area contributed by atoms with E-state index in [0.717, 1.165) is 5.56 Å². The van der Waals surface area contributed by atoms with Crippen LogP contribution in [0.15, 0.2) is 11.4 Å². The van der Waals surface area contributed by atoms with Gasteiger partial charge in [-0.1, -0.05) is 0 Å². The summed E-state index contributed by atoms with van der Waals surface area (Å²) in [4.78, 5) is 0. The number of hydrogen-bond donors (Lipinski definition) is 0. The molecule has 0 radical (unpaired) electrons. The zero-order chi connectivity index (χ0) is 9.90. The Morgan fingerprint density at radius 2 is 2.00 bits per heavy atom. The molecule has 1 aromatic heterocycles. The van der Waals surface area contributed by atoms with Crippen LogP contribution in [-0.4, -0.2) is 14.2 Å². The second kappa shape index (κ2) is 4.24. The standard InChI is InChI=1S/C7H11O4PS/c1-6-4-7(13-5-6)11-12(8,9-2)10-3/h4-5H,1-3H3. The van der Waals surface area contributed by atoms with E-state index >= 15 is 0 Å². The van der Waals surface area contributed by atoms with Crippen LogP contribution in [0.3, 0.4) is 0 Å². The topological polar surface area (TPSA) is 44.8 Å². The van der Waals surface area contributed by atoms with E-state index in [-0.39, 0.29) is 0 Å². The van der Waals surface area contributed by atoms with Crippen LogP contribution in [0.2, 0.25) is 0 Å². The summed E-state index contributed by atoms with van der Waals surface area (Å²) in [6.45, 7) is 1.92. The largest absolute Gasteiger partial charge is 0.530 e. The Morgan fingerprint density at radius 3 is 2.38 bits per heavy atom. The first-order valence-corrected chi connectivity index (χ1v) is 5.90. The molecule has 0 atom stereocenters. The maximum atomic E-state index is 11.5. The van der Waals surface area contributed by atoms with E-state index < -0.39 is 7.82 Å². The van der Waals surface area contributed by atoms with E-state index in [1.54, 1.807) is 6.07 Å². The maximum Gasteiger partial charge on any atom is 0.530 e. The molecular formula is C7H11O4PS. The maximum absolute atomic E-state index is 11.5. The van der Waals surface area contributed by atoms with Gasteiger partial charge in [-0.25, -0.2) is 4.57 Å². The molecule has 1 heterocycles. The van der Waals surface area contributed by atoms with E-state index in [1.807, 2.05) is 12.3 Å². The van der Waals surface area contributed by atoms with E-state index in [1.165, 1.54) is 25.6 Å². The molecule has 0 N–H and O–H groups in total. The number of rotatable bonds is 4. The predicted octanol–water partition coefficient (Wildman–Crippen LogP) is 2.84. The van der Waals surface area contributed by atoms with Crippen molar-refractivity contribution in [3.05, 3.63) is 17.0 Å². The number of phosphoric acid groups is 1. The first-order valence-electron chi connectivity index (χ1n) is 3.56. The number of phosphoric ester groups is 1. The molecule has 0 fully saturated rings. The molecule has 1 aromatic rings. The van der Waals surface area contributed by atoms with Gasteiger partial charge in [-0.05, 0) is 23.9 Å². The van der Waals surface area contributed by atoms with Gasteiger partial charge in [0.25, 0.3) is 0 Å². The predicted molar refractivity (Wildman–Crippen MR) is 51.3 cm³/mol. The van der Waals surface area contributed by atoms with Crippen molar-refractivity contribution in [3.8, 4) is 5.06 Å². The summed E-state index contributed by atoms with van der Waals surface area (Å²) in [5.74, 6) is 0. The van der Waals surface area contributed by atoms with Gasteiger partial charge in [0.2, 0.25) is 0 Å². The van der Waals surface area contributed by atoms with Gasteiger partial charge in [0.1, 0.15) is 0 Å². The van der Waals surface area contributed by atoms with Crippen LogP contribution in [0.25, 0.3) is 0 Å². The smallest absolute Gasteiger partial charge is 0.394 e. The third-order valence-corrected chi connectivity index (χ3v) is 3.72. The summed E-state index contributed by atoms with van der Waals surface area (Å²) in [7, 11) is -0.814. The van der Waals surface area contributed by atoms with Crippen molar-refractivity contribution in [2.24, 2.45) is 0 Å². The van der Waals surface area contributed by atoms with Gasteiger partial charge in [-0.3, -0.25) is 9.05 Å². The Kier molecular flexibility index (Phi) is 3.50. The van der Waals surface area contributed by atoms with Gasteiger partial charge in [0.05, 0.1) is 0 Å². The highest BCUT2D eigenvalue weighted by Crippen LogP contribution is 2.49.